The summed E-state index contributed by atoms with van der Waals surface area (Å²) in [5, 5.41) is 4.18. The SMILES string of the molecule is Cc1ccc(CN2C[C@@H](c3cccnc3)[C@@]3(C2)OCCN(Cc2ccsc2)C3=O)s1. The molecule has 0 unspecified atom stereocenters. The van der Waals surface area contributed by atoms with E-state index in [1.807, 2.05) is 28.5 Å². The summed E-state index contributed by atoms with van der Waals surface area (Å²) in [4.78, 5) is 25.1. The summed E-state index contributed by atoms with van der Waals surface area (Å²) < 4.78 is 6.37. The maximum atomic E-state index is 13.8. The van der Waals surface area contributed by atoms with Gasteiger partial charge in [-0.2, -0.15) is 11.3 Å². The van der Waals surface area contributed by atoms with Crippen LogP contribution in [0.15, 0.2) is 53.5 Å². The van der Waals surface area contributed by atoms with Crippen LogP contribution in [-0.4, -0.2) is 52.5 Å². The van der Waals surface area contributed by atoms with Gasteiger partial charge in [0, 0.05) is 60.8 Å². The third-order valence-electron chi connectivity index (χ3n) is 6.05. The van der Waals surface area contributed by atoms with Crippen LogP contribution in [0.4, 0.5) is 0 Å². The lowest BCUT2D eigenvalue weighted by Gasteiger charge is -2.42. The first-order chi connectivity index (χ1) is 14.6. The molecule has 3 aromatic heterocycles. The van der Waals surface area contributed by atoms with Crippen LogP contribution in [0, 0.1) is 6.92 Å². The third kappa shape index (κ3) is 3.71. The van der Waals surface area contributed by atoms with Gasteiger partial charge in [-0.05, 0) is 53.1 Å². The van der Waals surface area contributed by atoms with Crippen molar-refractivity contribution in [1.29, 1.82) is 0 Å². The van der Waals surface area contributed by atoms with Crippen molar-refractivity contribution in [1.82, 2.24) is 14.8 Å². The number of nitrogens with zero attached hydrogens (tertiary/aromatic N) is 3. The molecule has 2 atom stereocenters. The predicted molar refractivity (Wildman–Crippen MR) is 120 cm³/mol. The molecule has 0 aromatic carbocycles. The zero-order valence-corrected chi connectivity index (χ0v) is 18.6. The van der Waals surface area contributed by atoms with Crippen molar-refractivity contribution in [3.63, 3.8) is 0 Å². The second-order valence-corrected chi connectivity index (χ2v) is 10.3. The fourth-order valence-electron chi connectivity index (χ4n) is 4.67. The molecule has 2 fully saturated rings. The zero-order chi connectivity index (χ0) is 20.6. The van der Waals surface area contributed by atoms with E-state index in [0.717, 1.165) is 18.7 Å². The van der Waals surface area contributed by atoms with Gasteiger partial charge in [-0.1, -0.05) is 6.07 Å². The third-order valence-corrected chi connectivity index (χ3v) is 7.77. The fraction of sp³-hybridized carbons (Fsp3) is 0.391. The van der Waals surface area contributed by atoms with E-state index in [0.29, 0.717) is 26.2 Å². The minimum absolute atomic E-state index is 0.0231. The number of aromatic nitrogens is 1. The molecule has 1 amide bonds. The summed E-state index contributed by atoms with van der Waals surface area (Å²) >= 11 is 3.49. The van der Waals surface area contributed by atoms with Crippen molar-refractivity contribution < 1.29 is 9.53 Å². The lowest BCUT2D eigenvalue weighted by Crippen LogP contribution is -2.59. The summed E-state index contributed by atoms with van der Waals surface area (Å²) in [5.41, 5.74) is 1.42. The summed E-state index contributed by atoms with van der Waals surface area (Å²) in [6.45, 7) is 6.24. The molecule has 5 nitrogen and oxygen atoms in total. The number of pyridine rings is 1. The highest BCUT2D eigenvalue weighted by atomic mass is 32.1. The Kier molecular flexibility index (Phi) is 5.45. The van der Waals surface area contributed by atoms with Gasteiger partial charge in [-0.15, -0.1) is 11.3 Å². The standard InChI is InChI=1S/C23H25N3O2S2/c1-17-4-5-20(30-17)13-25-14-21(19-3-2-7-24-11-19)23(16-25)22(27)26(8-9-28-23)12-18-6-10-29-15-18/h2-7,10-11,15,21H,8-9,12-14,16H2,1H3/t21-,23+/m0/s1. The molecule has 2 aliphatic rings. The number of likely N-dealkylation sites (tertiary alicyclic amines) is 1. The number of carbonyl (C=O) groups excluding carboxylic acids is 1. The molecule has 0 N–H and O–H groups in total. The molecule has 2 saturated heterocycles. The summed E-state index contributed by atoms with van der Waals surface area (Å²) in [7, 11) is 0. The second kappa shape index (κ2) is 8.23. The average Bonchev–Trinajstić information content (AvgIpc) is 3.48. The van der Waals surface area contributed by atoms with Crippen LogP contribution in [0.2, 0.25) is 0 Å². The van der Waals surface area contributed by atoms with E-state index in [-0.39, 0.29) is 11.8 Å². The highest BCUT2D eigenvalue weighted by molar-refractivity contribution is 7.11. The molecule has 2 aliphatic heterocycles. The first-order valence-electron chi connectivity index (χ1n) is 10.3. The summed E-state index contributed by atoms with van der Waals surface area (Å²) in [6.07, 6.45) is 3.67. The average molecular weight is 440 g/mol. The van der Waals surface area contributed by atoms with E-state index in [9.17, 15) is 4.79 Å². The molecule has 3 aromatic rings. The highest BCUT2D eigenvalue weighted by Crippen LogP contribution is 2.42. The first kappa shape index (κ1) is 19.9. The molecule has 0 aliphatic carbocycles. The van der Waals surface area contributed by atoms with Crippen molar-refractivity contribution in [3.8, 4) is 0 Å². The molecule has 30 heavy (non-hydrogen) atoms. The summed E-state index contributed by atoms with van der Waals surface area (Å²) in [6, 6.07) is 10.5. The lowest BCUT2D eigenvalue weighted by molar-refractivity contribution is -0.173. The highest BCUT2D eigenvalue weighted by Gasteiger charge is 2.57. The Morgan fingerprint density at radius 2 is 2.20 bits per heavy atom. The maximum absolute atomic E-state index is 13.8. The van der Waals surface area contributed by atoms with Gasteiger partial charge in [0.2, 0.25) is 0 Å². The number of ether oxygens (including phenoxy) is 1. The normalized spacial score (nSPS) is 24.8. The number of amides is 1. The van der Waals surface area contributed by atoms with E-state index in [1.165, 1.54) is 15.3 Å². The van der Waals surface area contributed by atoms with E-state index in [1.54, 1.807) is 17.5 Å². The number of carbonyl (C=O) groups is 1. The molecule has 0 bridgehead atoms. The van der Waals surface area contributed by atoms with E-state index in [4.69, 9.17) is 4.74 Å². The Morgan fingerprint density at radius 3 is 2.93 bits per heavy atom. The Hall–Kier alpha value is -2.06. The zero-order valence-electron chi connectivity index (χ0n) is 17.0. The van der Waals surface area contributed by atoms with Crippen LogP contribution in [0.5, 0.6) is 0 Å². The van der Waals surface area contributed by atoms with Gasteiger partial charge in [-0.25, -0.2) is 0 Å². The number of thiophene rings is 2. The lowest BCUT2D eigenvalue weighted by atomic mass is 9.83. The van der Waals surface area contributed by atoms with Crippen LogP contribution >= 0.6 is 22.7 Å². The van der Waals surface area contributed by atoms with Crippen molar-refractivity contribution in [2.45, 2.75) is 31.5 Å². The van der Waals surface area contributed by atoms with Gasteiger partial charge in [0.15, 0.2) is 5.60 Å². The topological polar surface area (TPSA) is 45.7 Å². The smallest absolute Gasteiger partial charge is 0.257 e. The minimum atomic E-state index is -0.844. The van der Waals surface area contributed by atoms with Gasteiger partial charge in [-0.3, -0.25) is 14.7 Å². The maximum Gasteiger partial charge on any atom is 0.257 e. The molecule has 5 rings (SSSR count). The molecular formula is C23H25N3O2S2. The molecule has 5 heterocycles. The number of aryl methyl sites for hydroxylation is 1. The van der Waals surface area contributed by atoms with Gasteiger partial charge in [0.25, 0.3) is 5.91 Å². The van der Waals surface area contributed by atoms with E-state index >= 15 is 0 Å². The van der Waals surface area contributed by atoms with Gasteiger partial charge >= 0.3 is 0 Å². The Morgan fingerprint density at radius 1 is 1.27 bits per heavy atom. The van der Waals surface area contributed by atoms with Crippen LogP contribution < -0.4 is 0 Å². The number of hydrogen-bond donors (Lipinski definition) is 0. The molecule has 7 heteroatoms. The van der Waals surface area contributed by atoms with Gasteiger partial charge in [0.05, 0.1) is 6.61 Å². The quantitative estimate of drug-likeness (QED) is 0.605. The number of hydrogen-bond acceptors (Lipinski definition) is 6. The van der Waals surface area contributed by atoms with Crippen LogP contribution in [0.3, 0.4) is 0 Å². The van der Waals surface area contributed by atoms with Crippen molar-refractivity contribution in [2.24, 2.45) is 0 Å². The minimum Gasteiger partial charge on any atom is -0.361 e. The Labute approximate surface area is 184 Å². The fourth-order valence-corrected chi connectivity index (χ4v) is 6.26. The Balaban J connectivity index is 1.45. The van der Waals surface area contributed by atoms with Gasteiger partial charge < -0.3 is 9.64 Å². The van der Waals surface area contributed by atoms with Gasteiger partial charge in [0.1, 0.15) is 0 Å². The van der Waals surface area contributed by atoms with Crippen LogP contribution in [-0.2, 0) is 22.6 Å². The molecular weight excluding hydrogens is 414 g/mol. The molecule has 0 radical (unpaired) electrons. The molecule has 0 saturated carbocycles. The van der Waals surface area contributed by atoms with Crippen LogP contribution in [0.1, 0.15) is 26.8 Å². The Bertz CT molecular complexity index is 1000. The van der Waals surface area contributed by atoms with Crippen LogP contribution in [0.25, 0.3) is 0 Å². The summed E-state index contributed by atoms with van der Waals surface area (Å²) in [5.74, 6) is 0.0868. The van der Waals surface area contributed by atoms with E-state index in [2.05, 4.69) is 51.8 Å². The van der Waals surface area contributed by atoms with Crippen molar-refractivity contribution in [3.05, 3.63) is 74.4 Å². The molecule has 1 spiro atoms. The largest absolute Gasteiger partial charge is 0.361 e. The predicted octanol–water partition coefficient (Wildman–Crippen LogP) is 3.91. The van der Waals surface area contributed by atoms with Crippen molar-refractivity contribution >= 4 is 28.6 Å². The first-order valence-corrected chi connectivity index (χ1v) is 12.0. The van der Waals surface area contributed by atoms with E-state index < -0.39 is 5.60 Å². The second-order valence-electron chi connectivity index (χ2n) is 8.12. The monoisotopic (exact) mass is 439 g/mol. The molecule has 156 valence electrons. The van der Waals surface area contributed by atoms with Crippen molar-refractivity contribution in [2.75, 3.05) is 26.2 Å². The number of morpholine rings is 1. The number of rotatable bonds is 5.